The fraction of sp³-hybridized carbons (Fsp3) is 0.111. The smallest absolute Gasteiger partial charge is 0.284 e. The first-order chi connectivity index (χ1) is 7.24. The van der Waals surface area contributed by atoms with Crippen molar-refractivity contribution in [1.82, 2.24) is 10.2 Å². The first-order valence-corrected chi connectivity index (χ1v) is 4.67. The average molecular weight is 223 g/mol. The second kappa shape index (κ2) is 4.14. The zero-order chi connectivity index (χ0) is 10.7. The third kappa shape index (κ3) is 2.57. The molecule has 0 radical (unpaired) electrons. The molecular formula is C9H9N3O2S. The second-order valence-electron chi connectivity index (χ2n) is 2.86. The van der Waals surface area contributed by atoms with Gasteiger partial charge in [0, 0.05) is 5.69 Å². The van der Waals surface area contributed by atoms with Crippen molar-refractivity contribution in [2.24, 2.45) is 0 Å². The number of nitrogen functional groups attached to an aromatic ring is 1. The first kappa shape index (κ1) is 9.72. The highest BCUT2D eigenvalue weighted by Gasteiger charge is 2.00. The Hall–Kier alpha value is -1.82. The molecule has 2 aromatic rings. The number of nitrogens with two attached hydrogens (primary N) is 1. The van der Waals surface area contributed by atoms with Crippen LogP contribution in [0.5, 0.6) is 5.75 Å². The van der Waals surface area contributed by atoms with Gasteiger partial charge in [0.25, 0.3) is 10.7 Å². The SMILES string of the molecule is Nc1ccc(OCc2n[nH]c(=S)o2)cc1. The Morgan fingerprint density at radius 3 is 2.73 bits per heavy atom. The van der Waals surface area contributed by atoms with Gasteiger partial charge >= 0.3 is 0 Å². The molecule has 78 valence electrons. The van der Waals surface area contributed by atoms with E-state index in [9.17, 15) is 0 Å². The van der Waals surface area contributed by atoms with Crippen LogP contribution in [-0.2, 0) is 6.61 Å². The van der Waals surface area contributed by atoms with Crippen molar-refractivity contribution < 1.29 is 9.15 Å². The maximum atomic E-state index is 5.53. The van der Waals surface area contributed by atoms with Gasteiger partial charge < -0.3 is 14.9 Å². The van der Waals surface area contributed by atoms with Crippen LogP contribution in [0, 0.1) is 4.84 Å². The molecule has 0 aliphatic heterocycles. The van der Waals surface area contributed by atoms with Crippen LogP contribution in [0.25, 0.3) is 0 Å². The number of anilines is 1. The lowest BCUT2D eigenvalue weighted by Crippen LogP contribution is -1.95. The van der Waals surface area contributed by atoms with Gasteiger partial charge in [-0.05, 0) is 36.5 Å². The van der Waals surface area contributed by atoms with Crippen molar-refractivity contribution in [2.75, 3.05) is 5.73 Å². The van der Waals surface area contributed by atoms with Crippen molar-refractivity contribution in [3.8, 4) is 5.75 Å². The van der Waals surface area contributed by atoms with Gasteiger partial charge in [-0.15, -0.1) is 5.10 Å². The molecule has 1 aromatic heterocycles. The number of ether oxygens (including phenoxy) is 1. The Morgan fingerprint density at radius 1 is 1.40 bits per heavy atom. The van der Waals surface area contributed by atoms with Crippen LogP contribution < -0.4 is 10.5 Å². The van der Waals surface area contributed by atoms with E-state index in [-0.39, 0.29) is 11.4 Å². The average Bonchev–Trinajstić information content (AvgIpc) is 2.64. The summed E-state index contributed by atoms with van der Waals surface area (Å²) in [5.74, 6) is 1.12. The second-order valence-corrected chi connectivity index (χ2v) is 3.24. The van der Waals surface area contributed by atoms with E-state index in [0.717, 1.165) is 0 Å². The van der Waals surface area contributed by atoms with Gasteiger partial charge in [0.1, 0.15) is 5.75 Å². The summed E-state index contributed by atoms with van der Waals surface area (Å²) in [5, 5.41) is 6.32. The van der Waals surface area contributed by atoms with E-state index in [1.165, 1.54) is 0 Å². The molecule has 0 aliphatic carbocycles. The minimum Gasteiger partial charge on any atom is -0.484 e. The summed E-state index contributed by atoms with van der Waals surface area (Å²) in [4.78, 5) is 0.242. The summed E-state index contributed by atoms with van der Waals surface area (Å²) in [6.45, 7) is 0.233. The lowest BCUT2D eigenvalue weighted by atomic mass is 10.3. The lowest BCUT2D eigenvalue weighted by Gasteiger charge is -2.02. The number of aromatic nitrogens is 2. The standard InChI is InChI=1S/C9H9N3O2S/c10-6-1-3-7(4-2-6)13-5-8-11-12-9(15)14-8/h1-4H,5,10H2,(H,12,15). The fourth-order valence-corrected chi connectivity index (χ4v) is 1.17. The summed E-state index contributed by atoms with van der Waals surface area (Å²) in [7, 11) is 0. The zero-order valence-corrected chi connectivity index (χ0v) is 8.58. The summed E-state index contributed by atoms with van der Waals surface area (Å²) < 4.78 is 10.4. The summed E-state index contributed by atoms with van der Waals surface area (Å²) in [5.41, 5.74) is 6.23. The van der Waals surface area contributed by atoms with Gasteiger partial charge in [0.05, 0.1) is 0 Å². The number of aromatic amines is 1. The van der Waals surface area contributed by atoms with Crippen LogP contribution in [0.15, 0.2) is 28.7 Å². The Kier molecular flexibility index (Phi) is 2.68. The minimum atomic E-state index is 0.233. The molecule has 0 atom stereocenters. The van der Waals surface area contributed by atoms with Gasteiger partial charge in [0.15, 0.2) is 6.61 Å². The van der Waals surface area contributed by atoms with E-state index in [1.54, 1.807) is 24.3 Å². The molecule has 0 amide bonds. The van der Waals surface area contributed by atoms with E-state index in [2.05, 4.69) is 10.2 Å². The maximum absolute atomic E-state index is 5.53. The molecule has 0 fully saturated rings. The summed E-state index contributed by atoms with van der Waals surface area (Å²) in [6, 6.07) is 7.07. The molecule has 6 heteroatoms. The third-order valence-corrected chi connectivity index (χ3v) is 1.90. The lowest BCUT2D eigenvalue weighted by molar-refractivity contribution is 0.261. The van der Waals surface area contributed by atoms with Gasteiger partial charge in [0.2, 0.25) is 0 Å². The van der Waals surface area contributed by atoms with E-state index < -0.39 is 0 Å². The van der Waals surface area contributed by atoms with Crippen LogP contribution in [0.3, 0.4) is 0 Å². The quantitative estimate of drug-likeness (QED) is 0.613. The van der Waals surface area contributed by atoms with Crippen molar-refractivity contribution in [2.45, 2.75) is 6.61 Å². The highest BCUT2D eigenvalue weighted by Crippen LogP contribution is 2.14. The van der Waals surface area contributed by atoms with Gasteiger partial charge in [-0.3, -0.25) is 0 Å². The van der Waals surface area contributed by atoms with E-state index in [0.29, 0.717) is 17.3 Å². The molecule has 2 rings (SSSR count). The molecule has 0 unspecified atom stereocenters. The Balaban J connectivity index is 1.99. The molecule has 0 aliphatic rings. The molecule has 3 N–H and O–H groups in total. The van der Waals surface area contributed by atoms with Gasteiger partial charge in [-0.2, -0.15) is 0 Å². The number of nitrogens with one attached hydrogen (secondary N) is 1. The van der Waals surface area contributed by atoms with Crippen LogP contribution in [-0.4, -0.2) is 10.2 Å². The normalized spacial score (nSPS) is 10.1. The van der Waals surface area contributed by atoms with Crippen LogP contribution in [0.1, 0.15) is 5.89 Å². The predicted molar refractivity (Wildman–Crippen MR) is 56.9 cm³/mol. The Bertz CT molecular complexity index is 489. The molecule has 5 nitrogen and oxygen atoms in total. The molecule has 15 heavy (non-hydrogen) atoms. The Labute approximate surface area is 90.9 Å². The number of H-pyrrole nitrogens is 1. The number of hydrogen-bond acceptors (Lipinski definition) is 5. The fourth-order valence-electron chi connectivity index (χ4n) is 1.03. The van der Waals surface area contributed by atoms with Crippen molar-refractivity contribution in [3.63, 3.8) is 0 Å². The molecule has 1 aromatic carbocycles. The van der Waals surface area contributed by atoms with Crippen LogP contribution in [0.4, 0.5) is 5.69 Å². The van der Waals surface area contributed by atoms with Gasteiger partial charge in [-0.1, -0.05) is 0 Å². The minimum absolute atomic E-state index is 0.233. The van der Waals surface area contributed by atoms with E-state index >= 15 is 0 Å². The molecule has 1 heterocycles. The van der Waals surface area contributed by atoms with Crippen molar-refractivity contribution in [1.29, 1.82) is 0 Å². The van der Waals surface area contributed by atoms with E-state index in [4.69, 9.17) is 27.1 Å². The maximum Gasteiger partial charge on any atom is 0.284 e. The number of rotatable bonds is 3. The highest BCUT2D eigenvalue weighted by atomic mass is 32.1. The molecular weight excluding hydrogens is 214 g/mol. The first-order valence-electron chi connectivity index (χ1n) is 4.27. The Morgan fingerprint density at radius 2 is 2.13 bits per heavy atom. The number of nitrogens with zero attached hydrogens (tertiary/aromatic N) is 1. The van der Waals surface area contributed by atoms with Gasteiger partial charge in [-0.25, -0.2) is 5.10 Å². The van der Waals surface area contributed by atoms with Crippen LogP contribution >= 0.6 is 12.2 Å². The zero-order valence-electron chi connectivity index (χ0n) is 7.77. The predicted octanol–water partition coefficient (Wildman–Crippen LogP) is 1.89. The third-order valence-electron chi connectivity index (χ3n) is 1.72. The number of hydrogen-bond donors (Lipinski definition) is 2. The topological polar surface area (TPSA) is 77.1 Å². The summed E-state index contributed by atoms with van der Waals surface area (Å²) in [6.07, 6.45) is 0. The van der Waals surface area contributed by atoms with Crippen molar-refractivity contribution in [3.05, 3.63) is 35.0 Å². The molecule has 0 spiro atoms. The van der Waals surface area contributed by atoms with E-state index in [1.807, 2.05) is 0 Å². The van der Waals surface area contributed by atoms with Crippen LogP contribution in [0.2, 0.25) is 0 Å². The molecule has 0 saturated heterocycles. The number of benzene rings is 1. The molecule has 0 bridgehead atoms. The molecule has 0 saturated carbocycles. The monoisotopic (exact) mass is 223 g/mol. The van der Waals surface area contributed by atoms with Crippen molar-refractivity contribution >= 4 is 17.9 Å². The largest absolute Gasteiger partial charge is 0.484 e. The highest BCUT2D eigenvalue weighted by molar-refractivity contribution is 7.71. The summed E-state index contributed by atoms with van der Waals surface area (Å²) >= 11 is 4.72.